The van der Waals surface area contributed by atoms with Crippen molar-refractivity contribution >= 4 is 11.9 Å². The Labute approximate surface area is 192 Å². The Hall–Kier alpha value is -1.10. The number of unbranched alkanes of at least 4 members (excludes halogenated alkanes) is 13. The summed E-state index contributed by atoms with van der Waals surface area (Å²) < 4.78 is 5.67. The van der Waals surface area contributed by atoms with Crippen LogP contribution < -0.4 is 5.32 Å². The zero-order chi connectivity index (χ0) is 23.2. The first-order valence-corrected chi connectivity index (χ1v) is 13.1. The van der Waals surface area contributed by atoms with Crippen LogP contribution in [0.1, 0.15) is 136 Å². The minimum absolute atomic E-state index is 0.0908. The van der Waals surface area contributed by atoms with Crippen LogP contribution in [0.15, 0.2) is 0 Å². The summed E-state index contributed by atoms with van der Waals surface area (Å²) >= 11 is 0. The summed E-state index contributed by atoms with van der Waals surface area (Å²) in [5, 5.41) is 11.9. The highest BCUT2D eigenvalue weighted by Gasteiger charge is 2.19. The summed E-state index contributed by atoms with van der Waals surface area (Å²) in [6.07, 6.45) is 19.0. The molecule has 0 aromatic carbocycles. The molecular weight excluding hydrogens is 390 g/mol. The summed E-state index contributed by atoms with van der Waals surface area (Å²) in [6, 6.07) is -0.278. The van der Waals surface area contributed by atoms with Crippen molar-refractivity contribution in [3.8, 4) is 0 Å². The highest BCUT2D eigenvalue weighted by Crippen LogP contribution is 2.16. The number of hydrogen-bond acceptors (Lipinski definition) is 4. The minimum Gasteiger partial charge on any atom is -0.462 e. The van der Waals surface area contributed by atoms with Gasteiger partial charge in [0.25, 0.3) is 0 Å². The number of aliphatic hydroxyl groups excluding tert-OH is 1. The molecule has 0 aromatic rings. The van der Waals surface area contributed by atoms with Crippen LogP contribution in [0, 0.1) is 0 Å². The van der Waals surface area contributed by atoms with Crippen molar-refractivity contribution in [2.24, 2.45) is 0 Å². The average Bonchev–Trinajstić information content (AvgIpc) is 2.74. The van der Waals surface area contributed by atoms with E-state index in [1.165, 1.54) is 70.6 Å². The lowest BCUT2D eigenvalue weighted by Crippen LogP contribution is -2.37. The van der Waals surface area contributed by atoms with Crippen LogP contribution in [0.2, 0.25) is 0 Å². The van der Waals surface area contributed by atoms with E-state index in [4.69, 9.17) is 9.84 Å². The highest BCUT2D eigenvalue weighted by atomic mass is 16.5. The van der Waals surface area contributed by atoms with Gasteiger partial charge in [-0.05, 0) is 26.2 Å². The van der Waals surface area contributed by atoms with Gasteiger partial charge in [-0.3, -0.25) is 9.59 Å². The highest BCUT2D eigenvalue weighted by molar-refractivity contribution is 5.77. The number of esters is 1. The van der Waals surface area contributed by atoms with Crippen LogP contribution in [0.3, 0.4) is 0 Å². The first kappa shape index (κ1) is 29.9. The van der Waals surface area contributed by atoms with Crippen LogP contribution in [0.25, 0.3) is 0 Å². The fourth-order valence-corrected chi connectivity index (χ4v) is 3.77. The quantitative estimate of drug-likeness (QED) is 0.149. The van der Waals surface area contributed by atoms with E-state index in [2.05, 4.69) is 19.2 Å². The van der Waals surface area contributed by atoms with Crippen molar-refractivity contribution in [1.29, 1.82) is 0 Å². The van der Waals surface area contributed by atoms with Crippen molar-refractivity contribution in [1.82, 2.24) is 5.32 Å². The predicted octanol–water partition coefficient (Wildman–Crippen LogP) is 6.46. The van der Waals surface area contributed by atoms with Crippen LogP contribution in [-0.2, 0) is 14.3 Å². The lowest BCUT2D eigenvalue weighted by atomic mass is 10.0. The fourth-order valence-electron chi connectivity index (χ4n) is 3.77. The molecule has 2 N–H and O–H groups in total. The molecule has 0 rings (SSSR count). The van der Waals surface area contributed by atoms with Gasteiger partial charge in [0.1, 0.15) is 6.10 Å². The van der Waals surface area contributed by atoms with Gasteiger partial charge >= 0.3 is 5.97 Å². The number of carbonyl (C=O) groups excluding carboxylic acids is 2. The molecule has 0 heterocycles. The van der Waals surface area contributed by atoms with Crippen LogP contribution in [0.5, 0.6) is 0 Å². The smallest absolute Gasteiger partial charge is 0.306 e. The monoisotopic (exact) mass is 441 g/mol. The number of carbonyl (C=O) groups is 2. The molecule has 0 saturated carbocycles. The Morgan fingerprint density at radius 1 is 0.774 bits per heavy atom. The molecular formula is C26H51NO4. The molecule has 1 amide bonds. The van der Waals surface area contributed by atoms with E-state index in [1.807, 2.05) is 0 Å². The van der Waals surface area contributed by atoms with Gasteiger partial charge in [0, 0.05) is 12.5 Å². The van der Waals surface area contributed by atoms with Crippen molar-refractivity contribution in [2.75, 3.05) is 6.61 Å². The number of ether oxygens (including phenoxy) is 1. The minimum atomic E-state index is -0.358. The number of amides is 1. The van der Waals surface area contributed by atoms with E-state index in [9.17, 15) is 9.59 Å². The second-order valence-corrected chi connectivity index (χ2v) is 9.10. The first-order valence-electron chi connectivity index (χ1n) is 13.1. The van der Waals surface area contributed by atoms with Gasteiger partial charge in [-0.1, -0.05) is 97.3 Å². The summed E-state index contributed by atoms with van der Waals surface area (Å²) in [7, 11) is 0. The van der Waals surface area contributed by atoms with Crippen LogP contribution in [-0.4, -0.2) is 35.7 Å². The van der Waals surface area contributed by atoms with E-state index in [1.54, 1.807) is 6.92 Å². The fraction of sp³-hybridized carbons (Fsp3) is 0.923. The Morgan fingerprint density at radius 2 is 1.26 bits per heavy atom. The molecule has 0 bridgehead atoms. The van der Waals surface area contributed by atoms with Gasteiger partial charge < -0.3 is 15.2 Å². The molecule has 0 aliphatic carbocycles. The van der Waals surface area contributed by atoms with Gasteiger partial charge in [0.2, 0.25) is 5.91 Å². The second-order valence-electron chi connectivity index (χ2n) is 9.10. The van der Waals surface area contributed by atoms with Crippen molar-refractivity contribution in [2.45, 2.75) is 148 Å². The Kier molecular flexibility index (Phi) is 21.3. The molecule has 0 fully saturated rings. The van der Waals surface area contributed by atoms with E-state index in [-0.39, 0.29) is 37.0 Å². The number of nitrogens with one attached hydrogen (secondary N) is 1. The molecule has 0 saturated heterocycles. The molecule has 31 heavy (non-hydrogen) atoms. The van der Waals surface area contributed by atoms with Crippen LogP contribution >= 0.6 is 0 Å². The summed E-state index contributed by atoms with van der Waals surface area (Å²) in [5.41, 5.74) is 0. The molecule has 0 radical (unpaired) electrons. The Bertz CT molecular complexity index is 428. The molecule has 0 unspecified atom stereocenters. The maximum Gasteiger partial charge on any atom is 0.306 e. The Balaban J connectivity index is 4.20. The number of hydrogen-bond donors (Lipinski definition) is 2. The largest absolute Gasteiger partial charge is 0.462 e. The third-order valence-corrected chi connectivity index (χ3v) is 5.76. The normalized spacial score (nSPS) is 13.0. The van der Waals surface area contributed by atoms with Crippen LogP contribution in [0.4, 0.5) is 0 Å². The van der Waals surface area contributed by atoms with E-state index < -0.39 is 0 Å². The summed E-state index contributed by atoms with van der Waals surface area (Å²) in [5.74, 6) is -0.339. The molecule has 2 atom stereocenters. The third-order valence-electron chi connectivity index (χ3n) is 5.76. The zero-order valence-corrected chi connectivity index (χ0v) is 20.8. The molecule has 0 aromatic heterocycles. The SMILES string of the molecule is CCCCCCCCCCC[C@H](CC(=O)N[C@@H](C)CO)OC(=O)CCCCCCCC. The van der Waals surface area contributed by atoms with Crippen molar-refractivity contribution in [3.05, 3.63) is 0 Å². The third kappa shape index (κ3) is 20.6. The van der Waals surface area contributed by atoms with Gasteiger partial charge in [-0.15, -0.1) is 0 Å². The number of aliphatic hydroxyl groups is 1. The van der Waals surface area contributed by atoms with Crippen molar-refractivity contribution < 1.29 is 19.4 Å². The van der Waals surface area contributed by atoms with E-state index in [0.29, 0.717) is 6.42 Å². The Morgan fingerprint density at radius 3 is 1.77 bits per heavy atom. The predicted molar refractivity (Wildman–Crippen MR) is 129 cm³/mol. The molecule has 0 aliphatic heterocycles. The van der Waals surface area contributed by atoms with E-state index in [0.717, 1.165) is 32.1 Å². The standard InChI is InChI=1S/C26H51NO4/c1-4-6-8-10-12-13-14-15-17-19-24(21-25(29)27-23(3)22-28)31-26(30)20-18-16-11-9-7-5-2/h23-24,28H,4-22H2,1-3H3,(H,27,29)/t23-,24+/m0/s1. The van der Waals surface area contributed by atoms with Gasteiger partial charge in [-0.2, -0.15) is 0 Å². The molecule has 0 aliphatic rings. The van der Waals surface area contributed by atoms with Gasteiger partial charge in [-0.25, -0.2) is 0 Å². The maximum atomic E-state index is 12.3. The molecule has 184 valence electrons. The molecule has 5 nitrogen and oxygen atoms in total. The lowest BCUT2D eigenvalue weighted by Gasteiger charge is -2.19. The topological polar surface area (TPSA) is 75.6 Å². The van der Waals surface area contributed by atoms with Crippen molar-refractivity contribution in [3.63, 3.8) is 0 Å². The molecule has 5 heteroatoms. The zero-order valence-electron chi connectivity index (χ0n) is 20.8. The van der Waals surface area contributed by atoms with E-state index >= 15 is 0 Å². The van der Waals surface area contributed by atoms with Gasteiger partial charge in [0.05, 0.1) is 13.0 Å². The lowest BCUT2D eigenvalue weighted by molar-refractivity contribution is -0.151. The maximum absolute atomic E-state index is 12.3. The average molecular weight is 442 g/mol. The first-order chi connectivity index (χ1) is 15.0. The van der Waals surface area contributed by atoms with Gasteiger partial charge in [0.15, 0.2) is 0 Å². The second kappa shape index (κ2) is 22.1. The number of rotatable bonds is 22. The summed E-state index contributed by atoms with van der Waals surface area (Å²) in [6.45, 7) is 6.11. The summed E-state index contributed by atoms with van der Waals surface area (Å²) in [4.78, 5) is 24.5. The molecule has 0 spiro atoms.